The summed E-state index contributed by atoms with van der Waals surface area (Å²) in [5.74, 6) is 0.222. The number of hydrogen-bond acceptors (Lipinski definition) is 3. The van der Waals surface area contributed by atoms with E-state index >= 15 is 0 Å². The smallest absolute Gasteiger partial charge is 0.234 e. The molecule has 0 heterocycles. The van der Waals surface area contributed by atoms with Gasteiger partial charge in [-0.2, -0.15) is 0 Å². The van der Waals surface area contributed by atoms with Crippen LogP contribution in [0.3, 0.4) is 0 Å². The molecule has 0 atom stereocenters. The molecule has 0 radical (unpaired) electrons. The van der Waals surface area contributed by atoms with Crippen LogP contribution in [0.1, 0.15) is 11.1 Å². The van der Waals surface area contributed by atoms with Crippen LogP contribution in [-0.4, -0.2) is 11.7 Å². The predicted molar refractivity (Wildman–Crippen MR) is 91.1 cm³/mol. The van der Waals surface area contributed by atoms with Crippen molar-refractivity contribution in [2.45, 2.75) is 18.7 Å². The van der Waals surface area contributed by atoms with Crippen LogP contribution in [0, 0.1) is 13.8 Å². The zero-order chi connectivity index (χ0) is 15.4. The number of carbonyl (C=O) groups is 1. The van der Waals surface area contributed by atoms with Crippen molar-refractivity contribution in [1.82, 2.24) is 0 Å². The summed E-state index contributed by atoms with van der Waals surface area (Å²) >= 11 is 7.46. The summed E-state index contributed by atoms with van der Waals surface area (Å²) in [7, 11) is 0. The number of nitrogen functional groups attached to an aromatic ring is 1. The number of hydrogen-bond donors (Lipinski definition) is 2. The van der Waals surface area contributed by atoms with Crippen molar-refractivity contribution < 1.29 is 4.79 Å². The highest BCUT2D eigenvalue weighted by Crippen LogP contribution is 2.26. The molecule has 0 saturated carbocycles. The van der Waals surface area contributed by atoms with Crippen molar-refractivity contribution in [1.29, 1.82) is 0 Å². The maximum absolute atomic E-state index is 12.0. The first kappa shape index (κ1) is 15.7. The van der Waals surface area contributed by atoms with Crippen LogP contribution in [0.25, 0.3) is 0 Å². The summed E-state index contributed by atoms with van der Waals surface area (Å²) in [4.78, 5) is 12.9. The zero-order valence-corrected chi connectivity index (χ0v) is 13.5. The van der Waals surface area contributed by atoms with Crippen LogP contribution in [-0.2, 0) is 4.79 Å². The average molecular weight is 321 g/mol. The number of nitrogens with two attached hydrogens (primary N) is 1. The summed E-state index contributed by atoms with van der Waals surface area (Å²) in [5.41, 5.74) is 9.39. The van der Waals surface area contributed by atoms with E-state index in [0.29, 0.717) is 22.2 Å². The molecule has 0 fully saturated rings. The fraction of sp³-hybridized carbons (Fsp3) is 0.188. The van der Waals surface area contributed by atoms with E-state index in [4.69, 9.17) is 17.3 Å². The second kappa shape index (κ2) is 6.87. The number of benzene rings is 2. The molecule has 0 aromatic heterocycles. The van der Waals surface area contributed by atoms with Crippen LogP contribution >= 0.6 is 23.4 Å². The van der Waals surface area contributed by atoms with Gasteiger partial charge in [0.1, 0.15) is 0 Å². The van der Waals surface area contributed by atoms with E-state index in [2.05, 4.69) is 5.32 Å². The summed E-state index contributed by atoms with van der Waals surface area (Å²) in [6, 6.07) is 11.3. The quantitative estimate of drug-likeness (QED) is 0.653. The topological polar surface area (TPSA) is 55.1 Å². The van der Waals surface area contributed by atoms with Crippen LogP contribution in [0.2, 0.25) is 5.02 Å². The Hall–Kier alpha value is -1.65. The van der Waals surface area contributed by atoms with E-state index in [1.54, 1.807) is 6.07 Å². The van der Waals surface area contributed by atoms with Gasteiger partial charge in [0.05, 0.1) is 5.75 Å². The lowest BCUT2D eigenvalue weighted by Gasteiger charge is -2.08. The highest BCUT2D eigenvalue weighted by atomic mass is 35.5. The van der Waals surface area contributed by atoms with Crippen molar-refractivity contribution in [3.05, 3.63) is 52.5 Å². The molecule has 0 aliphatic rings. The Labute approximate surface area is 133 Å². The van der Waals surface area contributed by atoms with Crippen molar-refractivity contribution in [3.8, 4) is 0 Å². The van der Waals surface area contributed by atoms with Gasteiger partial charge in [0, 0.05) is 21.3 Å². The third-order valence-electron chi connectivity index (χ3n) is 2.98. The van der Waals surface area contributed by atoms with Crippen molar-refractivity contribution in [3.63, 3.8) is 0 Å². The van der Waals surface area contributed by atoms with Crippen molar-refractivity contribution in [2.75, 3.05) is 16.8 Å². The summed E-state index contributed by atoms with van der Waals surface area (Å²) in [6.07, 6.45) is 0. The van der Waals surface area contributed by atoms with Gasteiger partial charge in [0.25, 0.3) is 0 Å². The monoisotopic (exact) mass is 320 g/mol. The van der Waals surface area contributed by atoms with Gasteiger partial charge in [-0.25, -0.2) is 0 Å². The minimum Gasteiger partial charge on any atom is -0.398 e. The maximum Gasteiger partial charge on any atom is 0.234 e. The van der Waals surface area contributed by atoms with Gasteiger partial charge >= 0.3 is 0 Å². The number of carbonyl (C=O) groups excluding carboxylic acids is 1. The molecule has 0 spiro atoms. The molecule has 2 aromatic carbocycles. The zero-order valence-electron chi connectivity index (χ0n) is 11.9. The lowest BCUT2D eigenvalue weighted by Crippen LogP contribution is -2.14. The van der Waals surface area contributed by atoms with Gasteiger partial charge in [-0.15, -0.1) is 11.8 Å². The van der Waals surface area contributed by atoms with E-state index < -0.39 is 0 Å². The Balaban J connectivity index is 1.95. The number of nitrogens with one attached hydrogen (secondary N) is 1. The molecule has 3 N–H and O–H groups in total. The standard InChI is InChI=1S/C16H17ClN2OS/c1-10-3-6-14(18)15(7-10)21-9-16(20)19-12-5-4-11(2)13(17)8-12/h3-8H,9,18H2,1-2H3,(H,19,20). The SMILES string of the molecule is Cc1ccc(N)c(SCC(=O)Nc2ccc(C)c(Cl)c2)c1. The maximum atomic E-state index is 12.0. The largest absolute Gasteiger partial charge is 0.398 e. The lowest BCUT2D eigenvalue weighted by atomic mass is 10.2. The third-order valence-corrected chi connectivity index (χ3v) is 4.46. The molecule has 2 rings (SSSR count). The Bertz CT molecular complexity index is 673. The minimum absolute atomic E-state index is 0.0826. The lowest BCUT2D eigenvalue weighted by molar-refractivity contribution is -0.113. The average Bonchev–Trinajstić information content (AvgIpc) is 2.44. The van der Waals surface area contributed by atoms with Gasteiger partial charge in [-0.05, 0) is 49.2 Å². The molecular formula is C16H17ClN2OS. The fourth-order valence-electron chi connectivity index (χ4n) is 1.78. The molecule has 3 nitrogen and oxygen atoms in total. The second-order valence-corrected chi connectivity index (χ2v) is 6.27. The van der Waals surface area contributed by atoms with Crippen LogP contribution in [0.4, 0.5) is 11.4 Å². The molecule has 0 saturated heterocycles. The van der Waals surface area contributed by atoms with E-state index in [1.807, 2.05) is 44.2 Å². The number of rotatable bonds is 4. The Morgan fingerprint density at radius 1 is 1.24 bits per heavy atom. The normalized spacial score (nSPS) is 10.4. The molecule has 2 aromatic rings. The molecular weight excluding hydrogens is 304 g/mol. The molecule has 21 heavy (non-hydrogen) atoms. The summed E-state index contributed by atoms with van der Waals surface area (Å²) in [5, 5.41) is 3.47. The predicted octanol–water partition coefficient (Wildman–Crippen LogP) is 4.27. The van der Waals surface area contributed by atoms with E-state index in [1.165, 1.54) is 11.8 Å². The van der Waals surface area contributed by atoms with Gasteiger partial charge in [-0.3, -0.25) is 4.79 Å². The van der Waals surface area contributed by atoms with Gasteiger partial charge in [0.15, 0.2) is 0 Å². The van der Waals surface area contributed by atoms with Crippen LogP contribution < -0.4 is 11.1 Å². The molecule has 0 unspecified atom stereocenters. The van der Waals surface area contributed by atoms with Gasteiger partial charge < -0.3 is 11.1 Å². The van der Waals surface area contributed by atoms with E-state index in [0.717, 1.165) is 16.0 Å². The van der Waals surface area contributed by atoms with E-state index in [9.17, 15) is 4.79 Å². The number of aryl methyl sites for hydroxylation is 2. The molecule has 110 valence electrons. The second-order valence-electron chi connectivity index (χ2n) is 4.84. The number of thioether (sulfide) groups is 1. The summed E-state index contributed by atoms with van der Waals surface area (Å²) < 4.78 is 0. The number of amides is 1. The van der Waals surface area contributed by atoms with Crippen LogP contribution in [0.5, 0.6) is 0 Å². The first-order valence-corrected chi connectivity index (χ1v) is 7.87. The first-order chi connectivity index (χ1) is 9.95. The molecule has 1 amide bonds. The Kier molecular flexibility index (Phi) is 5.15. The Morgan fingerprint density at radius 2 is 2.00 bits per heavy atom. The van der Waals surface area contributed by atoms with Crippen LogP contribution in [0.15, 0.2) is 41.3 Å². The summed E-state index contributed by atoms with van der Waals surface area (Å²) in [6.45, 7) is 3.92. The van der Waals surface area contributed by atoms with Crippen molar-refractivity contribution in [2.24, 2.45) is 0 Å². The number of anilines is 2. The fourth-order valence-corrected chi connectivity index (χ4v) is 2.82. The highest BCUT2D eigenvalue weighted by Gasteiger charge is 2.07. The first-order valence-electron chi connectivity index (χ1n) is 6.50. The molecule has 0 bridgehead atoms. The minimum atomic E-state index is -0.0826. The molecule has 0 aliphatic carbocycles. The third kappa shape index (κ3) is 4.41. The highest BCUT2D eigenvalue weighted by molar-refractivity contribution is 8.00. The molecule has 5 heteroatoms. The van der Waals surface area contributed by atoms with Gasteiger partial charge in [0.2, 0.25) is 5.91 Å². The molecule has 0 aliphatic heterocycles. The Morgan fingerprint density at radius 3 is 2.71 bits per heavy atom. The van der Waals surface area contributed by atoms with E-state index in [-0.39, 0.29) is 5.91 Å². The number of halogens is 1. The van der Waals surface area contributed by atoms with Gasteiger partial charge in [-0.1, -0.05) is 23.7 Å². The van der Waals surface area contributed by atoms with Crippen molar-refractivity contribution >= 4 is 40.6 Å².